The highest BCUT2D eigenvalue weighted by molar-refractivity contribution is 6.30. The average Bonchev–Trinajstić information content (AvgIpc) is 2.39. The lowest BCUT2D eigenvalue weighted by Gasteiger charge is -2.32. The van der Waals surface area contributed by atoms with E-state index in [9.17, 15) is 4.39 Å². The summed E-state index contributed by atoms with van der Waals surface area (Å²) >= 11 is 5.92. The van der Waals surface area contributed by atoms with Crippen molar-refractivity contribution in [3.05, 3.63) is 34.6 Å². The smallest absolute Gasteiger partial charge is 0.125 e. The Kier molecular flexibility index (Phi) is 5.78. The minimum atomic E-state index is -0.326. The van der Waals surface area contributed by atoms with E-state index in [1.165, 1.54) is 18.6 Å². The lowest BCUT2D eigenvalue weighted by molar-refractivity contribution is -0.00778. The largest absolute Gasteiger partial charge is 0.377 e. The molecule has 1 aliphatic rings. The second-order valence-electron chi connectivity index (χ2n) is 5.38. The van der Waals surface area contributed by atoms with Gasteiger partial charge in [-0.2, -0.15) is 0 Å². The van der Waals surface area contributed by atoms with E-state index in [2.05, 4.69) is 4.90 Å². The Morgan fingerprint density at radius 1 is 1.45 bits per heavy atom. The Hall–Kier alpha value is -0.680. The van der Waals surface area contributed by atoms with E-state index in [1.54, 1.807) is 6.07 Å². The molecule has 2 atom stereocenters. The van der Waals surface area contributed by atoms with E-state index in [4.69, 9.17) is 22.1 Å². The fourth-order valence-corrected chi connectivity index (χ4v) is 2.97. The van der Waals surface area contributed by atoms with Crippen molar-refractivity contribution >= 4 is 11.6 Å². The van der Waals surface area contributed by atoms with Crippen LogP contribution in [-0.2, 0) is 4.74 Å². The third-order valence-corrected chi connectivity index (χ3v) is 4.01. The van der Waals surface area contributed by atoms with Crippen LogP contribution < -0.4 is 5.73 Å². The van der Waals surface area contributed by atoms with Gasteiger partial charge in [-0.1, -0.05) is 11.6 Å². The van der Waals surface area contributed by atoms with E-state index in [-0.39, 0.29) is 18.0 Å². The van der Waals surface area contributed by atoms with Gasteiger partial charge in [-0.05, 0) is 50.1 Å². The summed E-state index contributed by atoms with van der Waals surface area (Å²) in [7, 11) is 1.99. The molecule has 0 saturated carbocycles. The first-order valence-corrected chi connectivity index (χ1v) is 7.46. The van der Waals surface area contributed by atoms with Gasteiger partial charge < -0.3 is 10.5 Å². The molecular weight excluding hydrogens is 279 g/mol. The minimum absolute atomic E-state index is 0.0475. The van der Waals surface area contributed by atoms with Crippen LogP contribution in [0.4, 0.5) is 4.39 Å². The molecule has 0 spiro atoms. The van der Waals surface area contributed by atoms with Gasteiger partial charge in [0.2, 0.25) is 0 Å². The van der Waals surface area contributed by atoms with E-state index < -0.39 is 0 Å². The van der Waals surface area contributed by atoms with Gasteiger partial charge in [0.05, 0.1) is 6.10 Å². The van der Waals surface area contributed by atoms with Crippen molar-refractivity contribution in [3.8, 4) is 0 Å². The number of halogens is 2. The molecule has 112 valence electrons. The van der Waals surface area contributed by atoms with E-state index in [0.717, 1.165) is 31.6 Å². The number of hydrogen-bond donors (Lipinski definition) is 1. The molecule has 0 aliphatic carbocycles. The molecule has 2 unspecified atom stereocenters. The highest BCUT2D eigenvalue weighted by atomic mass is 35.5. The Labute approximate surface area is 124 Å². The summed E-state index contributed by atoms with van der Waals surface area (Å²) < 4.78 is 19.2. The summed E-state index contributed by atoms with van der Waals surface area (Å²) in [6, 6.07) is 4.54. The third-order valence-electron chi connectivity index (χ3n) is 3.79. The van der Waals surface area contributed by atoms with Crippen molar-refractivity contribution in [1.29, 1.82) is 0 Å². The van der Waals surface area contributed by atoms with Gasteiger partial charge in [0, 0.05) is 30.8 Å². The van der Waals surface area contributed by atoms with Crippen LogP contribution in [0.1, 0.15) is 30.9 Å². The van der Waals surface area contributed by atoms with Gasteiger partial charge >= 0.3 is 0 Å². The van der Waals surface area contributed by atoms with Crippen molar-refractivity contribution in [1.82, 2.24) is 4.90 Å². The van der Waals surface area contributed by atoms with Crippen LogP contribution in [0.5, 0.6) is 0 Å². The zero-order valence-electron chi connectivity index (χ0n) is 11.8. The molecule has 1 fully saturated rings. The monoisotopic (exact) mass is 300 g/mol. The van der Waals surface area contributed by atoms with E-state index in [0.29, 0.717) is 11.6 Å². The molecule has 0 amide bonds. The minimum Gasteiger partial charge on any atom is -0.377 e. The zero-order valence-corrected chi connectivity index (χ0v) is 12.6. The third kappa shape index (κ3) is 4.16. The van der Waals surface area contributed by atoms with Crippen molar-refractivity contribution in [3.63, 3.8) is 0 Å². The van der Waals surface area contributed by atoms with Crippen LogP contribution in [-0.4, -0.2) is 37.7 Å². The first-order valence-electron chi connectivity index (χ1n) is 7.08. The number of nitrogens with zero attached hydrogens (tertiary/aromatic N) is 1. The van der Waals surface area contributed by atoms with Crippen LogP contribution in [0.3, 0.4) is 0 Å². The molecule has 2 rings (SSSR count). The zero-order chi connectivity index (χ0) is 14.5. The molecule has 1 aliphatic heterocycles. The summed E-state index contributed by atoms with van der Waals surface area (Å²) in [5.41, 5.74) is 6.68. The van der Waals surface area contributed by atoms with Gasteiger partial charge in [-0.25, -0.2) is 4.39 Å². The molecular formula is C15H22ClFN2O. The molecule has 20 heavy (non-hydrogen) atoms. The first kappa shape index (κ1) is 15.7. The quantitative estimate of drug-likeness (QED) is 0.908. The van der Waals surface area contributed by atoms with Crippen LogP contribution in [0.25, 0.3) is 0 Å². The van der Waals surface area contributed by atoms with Crippen molar-refractivity contribution in [2.75, 3.05) is 26.7 Å². The normalized spacial score (nSPS) is 21.1. The summed E-state index contributed by atoms with van der Waals surface area (Å²) in [5, 5.41) is 0.403. The molecule has 1 aromatic carbocycles. The number of hydrogen-bond acceptors (Lipinski definition) is 3. The highest BCUT2D eigenvalue weighted by Crippen LogP contribution is 2.24. The molecule has 1 aromatic rings. The number of likely N-dealkylation sites (N-methyl/N-ethyl adjacent to an activating group) is 1. The molecule has 2 N–H and O–H groups in total. The Morgan fingerprint density at radius 2 is 2.25 bits per heavy atom. The molecule has 0 bridgehead atoms. The standard InChI is InChI=1S/C15H22ClFN2O/c1-19(10-14-4-2-3-5-20-14)15(9-18)11-6-12(16)8-13(17)7-11/h6-8,14-15H,2-5,9-10,18H2,1H3. The van der Waals surface area contributed by atoms with Crippen molar-refractivity contribution < 1.29 is 9.13 Å². The fraction of sp³-hybridized carbons (Fsp3) is 0.600. The second kappa shape index (κ2) is 7.36. The van der Waals surface area contributed by atoms with Gasteiger partial charge in [0.25, 0.3) is 0 Å². The summed E-state index contributed by atoms with van der Waals surface area (Å²) in [6.07, 6.45) is 3.66. The molecule has 1 saturated heterocycles. The van der Waals surface area contributed by atoms with Gasteiger partial charge in [-0.3, -0.25) is 4.90 Å². The van der Waals surface area contributed by atoms with Crippen molar-refractivity contribution in [2.45, 2.75) is 31.4 Å². The average molecular weight is 301 g/mol. The van der Waals surface area contributed by atoms with E-state index in [1.807, 2.05) is 7.05 Å². The maximum atomic E-state index is 13.5. The molecule has 1 heterocycles. The van der Waals surface area contributed by atoms with Crippen LogP contribution in [0.15, 0.2) is 18.2 Å². The Morgan fingerprint density at radius 3 is 2.85 bits per heavy atom. The topological polar surface area (TPSA) is 38.5 Å². The molecule has 3 nitrogen and oxygen atoms in total. The SMILES string of the molecule is CN(CC1CCCCO1)C(CN)c1cc(F)cc(Cl)c1. The Bertz CT molecular complexity index is 418. The van der Waals surface area contributed by atoms with Crippen LogP contribution in [0, 0.1) is 5.82 Å². The fourth-order valence-electron chi connectivity index (χ4n) is 2.74. The summed E-state index contributed by atoms with van der Waals surface area (Å²) in [5.74, 6) is -0.326. The molecule has 5 heteroatoms. The first-order chi connectivity index (χ1) is 9.60. The number of rotatable bonds is 5. The lowest BCUT2D eigenvalue weighted by Crippen LogP contribution is -2.38. The number of ether oxygens (including phenoxy) is 1. The maximum Gasteiger partial charge on any atom is 0.125 e. The predicted molar refractivity (Wildman–Crippen MR) is 79.4 cm³/mol. The lowest BCUT2D eigenvalue weighted by atomic mass is 10.0. The van der Waals surface area contributed by atoms with Gasteiger partial charge in [-0.15, -0.1) is 0 Å². The van der Waals surface area contributed by atoms with E-state index >= 15 is 0 Å². The molecule has 0 radical (unpaired) electrons. The number of benzene rings is 1. The molecule has 0 aromatic heterocycles. The summed E-state index contributed by atoms with van der Waals surface area (Å²) in [6.45, 7) is 2.05. The predicted octanol–water partition coefficient (Wildman–Crippen LogP) is 2.98. The van der Waals surface area contributed by atoms with Gasteiger partial charge in [0.1, 0.15) is 5.82 Å². The maximum absolute atomic E-state index is 13.5. The Balaban J connectivity index is 2.05. The van der Waals surface area contributed by atoms with Crippen LogP contribution >= 0.6 is 11.6 Å². The number of nitrogens with two attached hydrogens (primary N) is 1. The summed E-state index contributed by atoms with van der Waals surface area (Å²) in [4.78, 5) is 2.13. The highest BCUT2D eigenvalue weighted by Gasteiger charge is 2.22. The second-order valence-corrected chi connectivity index (χ2v) is 5.82. The van der Waals surface area contributed by atoms with Crippen LogP contribution in [0.2, 0.25) is 5.02 Å². The van der Waals surface area contributed by atoms with Crippen molar-refractivity contribution in [2.24, 2.45) is 5.73 Å². The van der Waals surface area contributed by atoms with Gasteiger partial charge in [0.15, 0.2) is 0 Å².